The van der Waals surface area contributed by atoms with Crippen LogP contribution in [-0.4, -0.2) is 38.8 Å². The van der Waals surface area contributed by atoms with Crippen molar-refractivity contribution in [3.63, 3.8) is 0 Å². The van der Waals surface area contributed by atoms with Gasteiger partial charge >= 0.3 is 0 Å². The number of amides is 1. The molecule has 1 amide bonds. The van der Waals surface area contributed by atoms with Crippen LogP contribution >= 0.6 is 11.6 Å². The number of halogens is 1. The zero-order chi connectivity index (χ0) is 15.7. The minimum Gasteiger partial charge on any atom is -0.383 e. The molecule has 22 heavy (non-hydrogen) atoms. The molecule has 2 aromatic rings. The number of nitrogens with one attached hydrogen (secondary N) is 1. The zero-order valence-corrected chi connectivity index (χ0v) is 13.0. The number of aromatic amines is 1. The molecule has 1 aliphatic rings. The molecule has 0 aromatic carbocycles. The molecule has 0 atom stereocenters. The molecule has 1 aliphatic heterocycles. The minimum atomic E-state index is -0.223. The first-order valence-electron chi connectivity index (χ1n) is 7.18. The Morgan fingerprint density at radius 1 is 1.50 bits per heavy atom. The van der Waals surface area contributed by atoms with Crippen LogP contribution in [0.1, 0.15) is 30.2 Å². The van der Waals surface area contributed by atoms with Gasteiger partial charge in [0.1, 0.15) is 12.3 Å². The van der Waals surface area contributed by atoms with Crippen molar-refractivity contribution in [3.8, 4) is 0 Å². The van der Waals surface area contributed by atoms with Crippen LogP contribution in [0.3, 0.4) is 0 Å². The van der Waals surface area contributed by atoms with E-state index in [9.17, 15) is 9.59 Å². The van der Waals surface area contributed by atoms with Crippen molar-refractivity contribution >= 4 is 17.5 Å². The molecule has 1 N–H and O–H groups in total. The zero-order valence-electron chi connectivity index (χ0n) is 12.2. The Kier molecular flexibility index (Phi) is 4.06. The predicted octanol–water partition coefficient (Wildman–Crippen LogP) is 1.53. The van der Waals surface area contributed by atoms with Gasteiger partial charge in [-0.2, -0.15) is 10.3 Å². The number of piperidine rings is 1. The van der Waals surface area contributed by atoms with E-state index in [0.29, 0.717) is 23.9 Å². The third-order valence-corrected chi connectivity index (χ3v) is 4.49. The maximum Gasteiger partial charge on any atom is 0.280 e. The molecule has 0 bridgehead atoms. The van der Waals surface area contributed by atoms with Crippen molar-refractivity contribution in [2.75, 3.05) is 13.1 Å². The summed E-state index contributed by atoms with van der Waals surface area (Å²) in [5.74, 6) is 0.882. The van der Waals surface area contributed by atoms with Crippen LogP contribution < -0.4 is 5.56 Å². The fourth-order valence-corrected chi connectivity index (χ4v) is 2.86. The topological polar surface area (TPSA) is 84.1 Å². The van der Waals surface area contributed by atoms with Crippen LogP contribution in [-0.2, 0) is 11.3 Å². The fraction of sp³-hybridized carbons (Fsp3) is 0.500. The van der Waals surface area contributed by atoms with E-state index in [2.05, 4.69) is 10.3 Å². The summed E-state index contributed by atoms with van der Waals surface area (Å²) in [5.41, 5.74) is 0.568. The Morgan fingerprint density at radius 3 is 2.77 bits per heavy atom. The highest BCUT2D eigenvalue weighted by Gasteiger charge is 2.26. The van der Waals surface area contributed by atoms with Gasteiger partial charge in [0, 0.05) is 25.1 Å². The quantitative estimate of drug-likeness (QED) is 0.928. The number of likely N-dealkylation sites (tertiary alicyclic amines) is 1. The first-order valence-corrected chi connectivity index (χ1v) is 7.56. The summed E-state index contributed by atoms with van der Waals surface area (Å²) in [4.78, 5) is 25.2. The smallest absolute Gasteiger partial charge is 0.280 e. The molecular weight excluding hydrogens is 308 g/mol. The second-order valence-electron chi connectivity index (χ2n) is 5.51. The standard InChI is InChI=1S/C14H17ClN4O3/c1-9-11(15)7-16-19(9)8-14(21)18-4-2-10(3-5-18)12-6-13(20)17-22-12/h6-7,10H,2-5,8H2,1H3,(H,17,20). The van der Waals surface area contributed by atoms with E-state index >= 15 is 0 Å². The normalized spacial score (nSPS) is 16.2. The van der Waals surface area contributed by atoms with Gasteiger partial charge in [-0.25, -0.2) is 0 Å². The van der Waals surface area contributed by atoms with E-state index in [4.69, 9.17) is 16.1 Å². The third kappa shape index (κ3) is 2.94. The SMILES string of the molecule is Cc1c(Cl)cnn1CC(=O)N1CCC(c2cc(=O)[nH]o2)CC1. The number of carbonyl (C=O) groups excluding carboxylic acids is 1. The number of hydrogen-bond acceptors (Lipinski definition) is 4. The minimum absolute atomic E-state index is 0.0248. The number of H-pyrrole nitrogens is 1. The lowest BCUT2D eigenvalue weighted by Crippen LogP contribution is -2.40. The lowest BCUT2D eigenvalue weighted by Gasteiger charge is -2.31. The summed E-state index contributed by atoms with van der Waals surface area (Å²) >= 11 is 5.94. The summed E-state index contributed by atoms with van der Waals surface area (Å²) < 4.78 is 6.76. The van der Waals surface area contributed by atoms with Crippen molar-refractivity contribution in [2.45, 2.75) is 32.2 Å². The summed E-state index contributed by atoms with van der Waals surface area (Å²) in [6.07, 6.45) is 3.11. The monoisotopic (exact) mass is 324 g/mol. The van der Waals surface area contributed by atoms with Gasteiger partial charge in [0.05, 0.1) is 16.9 Å². The molecule has 118 valence electrons. The lowest BCUT2D eigenvalue weighted by molar-refractivity contribution is -0.133. The number of nitrogens with zero attached hydrogens (tertiary/aromatic N) is 3. The Bertz CT molecular complexity index is 725. The Balaban J connectivity index is 1.58. The van der Waals surface area contributed by atoms with Gasteiger partial charge < -0.3 is 9.42 Å². The highest BCUT2D eigenvalue weighted by Crippen LogP contribution is 2.27. The highest BCUT2D eigenvalue weighted by atomic mass is 35.5. The van der Waals surface area contributed by atoms with E-state index in [-0.39, 0.29) is 23.9 Å². The van der Waals surface area contributed by atoms with Crippen LogP contribution in [0, 0.1) is 6.92 Å². The maximum atomic E-state index is 12.3. The number of carbonyl (C=O) groups is 1. The van der Waals surface area contributed by atoms with Gasteiger partial charge in [0.25, 0.3) is 5.56 Å². The third-order valence-electron chi connectivity index (χ3n) is 4.12. The molecule has 7 nitrogen and oxygen atoms in total. The molecule has 3 heterocycles. The van der Waals surface area contributed by atoms with E-state index in [1.165, 1.54) is 6.07 Å². The average molecular weight is 325 g/mol. The predicted molar refractivity (Wildman–Crippen MR) is 79.9 cm³/mol. The van der Waals surface area contributed by atoms with Crippen molar-refractivity contribution in [3.05, 3.63) is 39.1 Å². The second kappa shape index (κ2) is 6.00. The van der Waals surface area contributed by atoms with Crippen molar-refractivity contribution in [2.24, 2.45) is 0 Å². The molecule has 0 radical (unpaired) electrons. The molecule has 3 rings (SSSR count). The first kappa shape index (κ1) is 14.9. The largest absolute Gasteiger partial charge is 0.383 e. The van der Waals surface area contributed by atoms with Gasteiger partial charge in [-0.3, -0.25) is 14.3 Å². The van der Waals surface area contributed by atoms with Crippen molar-refractivity contribution in [1.82, 2.24) is 19.8 Å². The average Bonchev–Trinajstić information content (AvgIpc) is 3.08. The summed E-state index contributed by atoms with van der Waals surface area (Å²) in [7, 11) is 0. The Hall–Kier alpha value is -2.02. The van der Waals surface area contributed by atoms with Crippen molar-refractivity contribution in [1.29, 1.82) is 0 Å². The number of aromatic nitrogens is 3. The van der Waals surface area contributed by atoms with Crippen LogP contribution in [0.4, 0.5) is 0 Å². The molecule has 0 saturated carbocycles. The number of hydrogen-bond donors (Lipinski definition) is 1. The fourth-order valence-electron chi connectivity index (χ4n) is 2.72. The van der Waals surface area contributed by atoms with Crippen LogP contribution in [0.15, 0.2) is 21.6 Å². The van der Waals surface area contributed by atoms with E-state index < -0.39 is 0 Å². The van der Waals surface area contributed by atoms with E-state index in [1.807, 2.05) is 11.8 Å². The van der Waals surface area contributed by atoms with Gasteiger partial charge in [0.15, 0.2) is 0 Å². The molecule has 0 aliphatic carbocycles. The van der Waals surface area contributed by atoms with Crippen molar-refractivity contribution < 1.29 is 9.32 Å². The van der Waals surface area contributed by atoms with E-state index in [1.54, 1.807) is 10.9 Å². The van der Waals surface area contributed by atoms with Crippen LogP contribution in [0.2, 0.25) is 5.02 Å². The van der Waals surface area contributed by atoms with Gasteiger partial charge in [0.2, 0.25) is 5.91 Å². The summed E-state index contributed by atoms with van der Waals surface area (Å²) in [6, 6.07) is 1.48. The molecule has 1 fully saturated rings. The number of rotatable bonds is 3. The first-order chi connectivity index (χ1) is 10.5. The van der Waals surface area contributed by atoms with E-state index in [0.717, 1.165) is 18.5 Å². The summed E-state index contributed by atoms with van der Waals surface area (Å²) in [5, 5.41) is 6.97. The van der Waals surface area contributed by atoms with Gasteiger partial charge in [-0.15, -0.1) is 0 Å². The summed E-state index contributed by atoms with van der Waals surface area (Å²) in [6.45, 7) is 3.32. The second-order valence-corrected chi connectivity index (χ2v) is 5.91. The molecule has 2 aromatic heterocycles. The Labute approximate surface area is 131 Å². The molecule has 0 spiro atoms. The van der Waals surface area contributed by atoms with Crippen LogP contribution in [0.25, 0.3) is 0 Å². The Morgan fingerprint density at radius 2 is 2.23 bits per heavy atom. The van der Waals surface area contributed by atoms with Crippen LogP contribution in [0.5, 0.6) is 0 Å². The molecular formula is C14H17ClN4O3. The molecule has 0 unspecified atom stereocenters. The van der Waals surface area contributed by atoms with Gasteiger partial charge in [-0.05, 0) is 19.8 Å². The molecule has 1 saturated heterocycles. The highest BCUT2D eigenvalue weighted by molar-refractivity contribution is 6.31. The lowest BCUT2D eigenvalue weighted by atomic mass is 9.94. The maximum absolute atomic E-state index is 12.3. The van der Waals surface area contributed by atoms with Gasteiger partial charge in [-0.1, -0.05) is 11.6 Å². The molecule has 8 heteroatoms.